The van der Waals surface area contributed by atoms with Gasteiger partial charge in [-0.25, -0.2) is 13.1 Å². The van der Waals surface area contributed by atoms with Crippen molar-refractivity contribution >= 4 is 16.0 Å². The number of esters is 1. The van der Waals surface area contributed by atoms with Gasteiger partial charge < -0.3 is 9.84 Å². The van der Waals surface area contributed by atoms with Gasteiger partial charge in [0, 0.05) is 13.2 Å². The van der Waals surface area contributed by atoms with E-state index in [0.717, 1.165) is 25.7 Å². The lowest BCUT2D eigenvalue weighted by Gasteiger charge is -2.30. The van der Waals surface area contributed by atoms with Crippen molar-refractivity contribution in [2.24, 2.45) is 11.8 Å². The molecule has 1 fully saturated rings. The summed E-state index contributed by atoms with van der Waals surface area (Å²) in [6.07, 6.45) is 3.91. The van der Waals surface area contributed by atoms with E-state index in [0.29, 0.717) is 6.54 Å². The van der Waals surface area contributed by atoms with Crippen LogP contribution in [0.4, 0.5) is 0 Å². The van der Waals surface area contributed by atoms with Crippen LogP contribution in [0.5, 0.6) is 0 Å². The highest BCUT2D eigenvalue weighted by Crippen LogP contribution is 2.29. The van der Waals surface area contributed by atoms with Crippen LogP contribution in [0.15, 0.2) is 0 Å². The predicted octanol–water partition coefficient (Wildman–Crippen LogP) is 0.268. The topological polar surface area (TPSA) is 92.7 Å². The maximum atomic E-state index is 11.7. The summed E-state index contributed by atoms with van der Waals surface area (Å²) in [5.74, 6) is -0.420. The molecule has 19 heavy (non-hydrogen) atoms. The molecule has 2 N–H and O–H groups in total. The molecule has 1 aliphatic rings. The smallest absolute Gasteiger partial charge is 0.306 e. The Morgan fingerprint density at radius 2 is 1.95 bits per heavy atom. The van der Waals surface area contributed by atoms with Crippen molar-refractivity contribution in [2.45, 2.75) is 32.1 Å². The molecule has 6 nitrogen and oxygen atoms in total. The Hall–Kier alpha value is -0.660. The Bertz CT molecular complexity index is 382. The SMILES string of the molecule is COC(=O)CCS(=O)(=O)NCC1CCCCC1CO. The molecule has 0 heterocycles. The summed E-state index contributed by atoms with van der Waals surface area (Å²) < 4.78 is 30.4. The zero-order valence-electron chi connectivity index (χ0n) is 11.3. The lowest BCUT2D eigenvalue weighted by molar-refractivity contribution is -0.140. The monoisotopic (exact) mass is 293 g/mol. The van der Waals surface area contributed by atoms with Gasteiger partial charge in [-0.05, 0) is 24.7 Å². The molecule has 0 aliphatic heterocycles. The number of carbonyl (C=O) groups excluding carboxylic acids is 1. The third kappa shape index (κ3) is 5.88. The number of aliphatic hydroxyl groups excluding tert-OH is 1. The molecule has 1 rings (SSSR count). The van der Waals surface area contributed by atoms with Gasteiger partial charge >= 0.3 is 5.97 Å². The first kappa shape index (κ1) is 16.4. The number of hydrogen-bond acceptors (Lipinski definition) is 5. The molecule has 2 atom stereocenters. The molecular weight excluding hydrogens is 270 g/mol. The van der Waals surface area contributed by atoms with Crippen LogP contribution in [-0.2, 0) is 19.6 Å². The van der Waals surface area contributed by atoms with Gasteiger partial charge in [-0.1, -0.05) is 12.8 Å². The molecule has 1 aliphatic carbocycles. The van der Waals surface area contributed by atoms with E-state index in [1.807, 2.05) is 0 Å². The summed E-state index contributed by atoms with van der Waals surface area (Å²) in [6.45, 7) is 0.448. The maximum Gasteiger partial charge on any atom is 0.306 e. The fraction of sp³-hybridized carbons (Fsp3) is 0.917. The summed E-state index contributed by atoms with van der Waals surface area (Å²) in [6, 6.07) is 0. The Labute approximate surface area is 114 Å². The second kappa shape index (κ2) is 7.81. The fourth-order valence-electron chi connectivity index (χ4n) is 2.42. The Morgan fingerprint density at radius 3 is 2.53 bits per heavy atom. The van der Waals surface area contributed by atoms with Crippen LogP contribution in [-0.4, -0.2) is 45.5 Å². The van der Waals surface area contributed by atoms with E-state index < -0.39 is 16.0 Å². The summed E-state index contributed by atoms with van der Waals surface area (Å²) >= 11 is 0. The molecule has 7 heteroatoms. The van der Waals surface area contributed by atoms with E-state index in [1.54, 1.807) is 0 Å². The van der Waals surface area contributed by atoms with Gasteiger partial charge in [0.05, 0.1) is 19.3 Å². The first-order chi connectivity index (χ1) is 8.98. The predicted molar refractivity (Wildman–Crippen MR) is 71.0 cm³/mol. The molecule has 0 aromatic carbocycles. The zero-order valence-corrected chi connectivity index (χ0v) is 12.1. The minimum absolute atomic E-state index is 0.106. The molecule has 2 unspecified atom stereocenters. The normalized spacial score (nSPS) is 24.1. The third-order valence-corrected chi connectivity index (χ3v) is 5.02. The van der Waals surface area contributed by atoms with Gasteiger partial charge in [0.15, 0.2) is 0 Å². The second-order valence-electron chi connectivity index (χ2n) is 4.98. The fourth-order valence-corrected chi connectivity index (χ4v) is 3.47. The Morgan fingerprint density at radius 1 is 1.32 bits per heavy atom. The van der Waals surface area contributed by atoms with Crippen molar-refractivity contribution in [3.05, 3.63) is 0 Å². The lowest BCUT2D eigenvalue weighted by Crippen LogP contribution is -2.36. The van der Waals surface area contributed by atoms with Crippen molar-refractivity contribution in [1.29, 1.82) is 0 Å². The summed E-state index contributed by atoms with van der Waals surface area (Å²) in [4.78, 5) is 10.9. The van der Waals surface area contributed by atoms with Gasteiger partial charge in [0.2, 0.25) is 10.0 Å². The van der Waals surface area contributed by atoms with Crippen molar-refractivity contribution in [3.63, 3.8) is 0 Å². The molecule has 0 aromatic heterocycles. The second-order valence-corrected chi connectivity index (χ2v) is 6.91. The van der Waals surface area contributed by atoms with E-state index in [2.05, 4.69) is 9.46 Å². The van der Waals surface area contributed by atoms with Crippen molar-refractivity contribution < 1.29 is 23.1 Å². The standard InChI is InChI=1S/C12H23NO5S/c1-18-12(15)6-7-19(16,17)13-8-10-4-2-3-5-11(10)9-14/h10-11,13-14H,2-9H2,1H3. The highest BCUT2D eigenvalue weighted by molar-refractivity contribution is 7.89. The molecule has 112 valence electrons. The maximum absolute atomic E-state index is 11.7. The van der Waals surface area contributed by atoms with Crippen LogP contribution in [0.1, 0.15) is 32.1 Å². The molecule has 0 spiro atoms. The van der Waals surface area contributed by atoms with Gasteiger partial charge in [0.25, 0.3) is 0 Å². The number of nitrogens with one attached hydrogen (secondary N) is 1. The van der Waals surface area contributed by atoms with Gasteiger partial charge in [0.1, 0.15) is 0 Å². The third-order valence-electron chi connectivity index (χ3n) is 3.67. The molecule has 0 radical (unpaired) electrons. The van der Waals surface area contributed by atoms with Crippen LogP contribution in [0.2, 0.25) is 0 Å². The van der Waals surface area contributed by atoms with E-state index in [-0.39, 0.29) is 30.6 Å². The molecule has 0 bridgehead atoms. The molecule has 1 saturated carbocycles. The number of ether oxygens (including phenoxy) is 1. The van der Waals surface area contributed by atoms with E-state index in [4.69, 9.17) is 0 Å². The molecule has 0 aromatic rings. The van der Waals surface area contributed by atoms with Crippen LogP contribution in [0.3, 0.4) is 0 Å². The Kier molecular flexibility index (Phi) is 6.74. The van der Waals surface area contributed by atoms with E-state index in [9.17, 15) is 18.3 Å². The highest BCUT2D eigenvalue weighted by Gasteiger charge is 2.25. The Balaban J connectivity index is 2.39. The van der Waals surface area contributed by atoms with Crippen molar-refractivity contribution in [2.75, 3.05) is 26.0 Å². The average Bonchev–Trinajstić information content (AvgIpc) is 2.43. The van der Waals surface area contributed by atoms with Crippen LogP contribution in [0.25, 0.3) is 0 Å². The van der Waals surface area contributed by atoms with Crippen LogP contribution >= 0.6 is 0 Å². The first-order valence-electron chi connectivity index (χ1n) is 6.63. The van der Waals surface area contributed by atoms with Gasteiger partial charge in [-0.3, -0.25) is 4.79 Å². The largest absolute Gasteiger partial charge is 0.469 e. The highest BCUT2D eigenvalue weighted by atomic mass is 32.2. The number of hydrogen-bond donors (Lipinski definition) is 2. The van der Waals surface area contributed by atoms with Gasteiger partial charge in [-0.15, -0.1) is 0 Å². The molecule has 0 saturated heterocycles. The van der Waals surface area contributed by atoms with Crippen LogP contribution < -0.4 is 4.72 Å². The molecular formula is C12H23NO5S. The zero-order chi connectivity index (χ0) is 14.3. The number of rotatable bonds is 7. The van der Waals surface area contributed by atoms with E-state index >= 15 is 0 Å². The summed E-state index contributed by atoms with van der Waals surface area (Å²) in [5, 5.41) is 9.26. The molecule has 0 amide bonds. The van der Waals surface area contributed by atoms with Crippen molar-refractivity contribution in [3.8, 4) is 0 Å². The number of methoxy groups -OCH3 is 1. The minimum Gasteiger partial charge on any atom is -0.469 e. The summed E-state index contributed by atoms with van der Waals surface area (Å²) in [7, 11) is -2.22. The average molecular weight is 293 g/mol. The number of aliphatic hydroxyl groups is 1. The first-order valence-corrected chi connectivity index (χ1v) is 8.28. The number of carbonyl (C=O) groups is 1. The van der Waals surface area contributed by atoms with E-state index in [1.165, 1.54) is 7.11 Å². The lowest BCUT2D eigenvalue weighted by atomic mass is 9.80. The van der Waals surface area contributed by atoms with Crippen LogP contribution in [0, 0.1) is 11.8 Å². The summed E-state index contributed by atoms with van der Waals surface area (Å²) in [5.41, 5.74) is 0. The number of sulfonamides is 1. The minimum atomic E-state index is -3.45. The van der Waals surface area contributed by atoms with Gasteiger partial charge in [-0.2, -0.15) is 0 Å². The quantitative estimate of drug-likeness (QED) is 0.657. The van der Waals surface area contributed by atoms with Crippen molar-refractivity contribution in [1.82, 2.24) is 4.72 Å².